The molecule has 7 nitrogen and oxygen atoms in total. The first kappa shape index (κ1) is 17.6. The number of hydrogen-bond donors (Lipinski definition) is 1. The number of hydrogen-bond acceptors (Lipinski definition) is 4. The molecule has 0 unspecified atom stereocenters. The molecular formula is C19H20N4O3. The van der Waals surface area contributed by atoms with Gasteiger partial charge in [0.25, 0.3) is 5.91 Å². The van der Waals surface area contributed by atoms with Gasteiger partial charge in [0.05, 0.1) is 17.7 Å². The lowest BCUT2D eigenvalue weighted by molar-refractivity contribution is -0.137. The Morgan fingerprint density at radius 1 is 1.23 bits per heavy atom. The maximum Gasteiger partial charge on any atom is 0.305 e. The smallest absolute Gasteiger partial charge is 0.305 e. The number of carboxylic acids is 1. The van der Waals surface area contributed by atoms with Crippen molar-refractivity contribution >= 4 is 22.9 Å². The molecule has 1 N–H and O–H groups in total. The van der Waals surface area contributed by atoms with Gasteiger partial charge in [-0.25, -0.2) is 4.98 Å². The molecule has 2 aromatic heterocycles. The van der Waals surface area contributed by atoms with E-state index in [4.69, 9.17) is 5.11 Å². The fraction of sp³-hybridized carbons (Fsp3) is 0.263. The molecular weight excluding hydrogens is 332 g/mol. The van der Waals surface area contributed by atoms with Crippen LogP contribution in [0.25, 0.3) is 11.0 Å². The summed E-state index contributed by atoms with van der Waals surface area (Å²) in [5.74, 6) is -1.18. The van der Waals surface area contributed by atoms with E-state index >= 15 is 0 Å². The summed E-state index contributed by atoms with van der Waals surface area (Å²) in [6, 6.07) is 11.3. The molecule has 0 saturated carbocycles. The van der Waals surface area contributed by atoms with Crippen molar-refractivity contribution in [2.45, 2.75) is 19.9 Å². The standard InChI is InChI=1S/C19H20N4O3/c1-13-16-10-15(11-20-18(16)22(2)21-13)19(26)23(9-8-17(24)25)12-14-6-4-3-5-7-14/h3-7,10-11H,8-9,12H2,1-2H3,(H,24,25). The largest absolute Gasteiger partial charge is 0.481 e. The summed E-state index contributed by atoms with van der Waals surface area (Å²) in [5, 5.41) is 14.1. The Balaban J connectivity index is 1.90. The molecule has 134 valence electrons. The van der Waals surface area contributed by atoms with Crippen molar-refractivity contribution in [2.24, 2.45) is 7.05 Å². The van der Waals surface area contributed by atoms with Gasteiger partial charge in [0, 0.05) is 31.7 Å². The molecule has 26 heavy (non-hydrogen) atoms. The number of carbonyl (C=O) groups is 2. The highest BCUT2D eigenvalue weighted by Crippen LogP contribution is 2.18. The molecule has 0 aliphatic heterocycles. The minimum atomic E-state index is -0.937. The lowest BCUT2D eigenvalue weighted by Gasteiger charge is -2.22. The van der Waals surface area contributed by atoms with E-state index in [1.54, 1.807) is 17.8 Å². The minimum Gasteiger partial charge on any atom is -0.481 e. The first-order chi connectivity index (χ1) is 12.5. The number of aliphatic carboxylic acids is 1. The van der Waals surface area contributed by atoms with Crippen LogP contribution in [0.15, 0.2) is 42.6 Å². The number of aryl methyl sites for hydroxylation is 2. The van der Waals surface area contributed by atoms with E-state index in [1.807, 2.05) is 37.3 Å². The van der Waals surface area contributed by atoms with E-state index in [2.05, 4.69) is 10.1 Å². The molecule has 0 aliphatic carbocycles. The molecule has 1 aromatic carbocycles. The number of rotatable bonds is 6. The lowest BCUT2D eigenvalue weighted by Crippen LogP contribution is -2.32. The molecule has 0 saturated heterocycles. The topological polar surface area (TPSA) is 88.3 Å². The molecule has 0 radical (unpaired) electrons. The van der Waals surface area contributed by atoms with Crippen molar-refractivity contribution in [2.75, 3.05) is 6.54 Å². The van der Waals surface area contributed by atoms with Crippen LogP contribution in [0.4, 0.5) is 0 Å². The van der Waals surface area contributed by atoms with Crippen molar-refractivity contribution in [1.82, 2.24) is 19.7 Å². The van der Waals surface area contributed by atoms with Crippen LogP contribution in [0, 0.1) is 6.92 Å². The summed E-state index contributed by atoms with van der Waals surface area (Å²) >= 11 is 0. The molecule has 0 atom stereocenters. The first-order valence-corrected chi connectivity index (χ1v) is 8.30. The summed E-state index contributed by atoms with van der Waals surface area (Å²) in [6.07, 6.45) is 1.41. The Hall–Kier alpha value is -3.22. The number of fused-ring (bicyclic) bond motifs is 1. The van der Waals surface area contributed by atoms with Crippen LogP contribution in [0.1, 0.15) is 28.0 Å². The van der Waals surface area contributed by atoms with Crippen LogP contribution in [-0.2, 0) is 18.4 Å². The summed E-state index contributed by atoms with van der Waals surface area (Å²) in [7, 11) is 1.80. The van der Waals surface area contributed by atoms with E-state index in [0.29, 0.717) is 17.8 Å². The van der Waals surface area contributed by atoms with Gasteiger partial charge in [0.15, 0.2) is 5.65 Å². The molecule has 3 aromatic rings. The summed E-state index contributed by atoms with van der Waals surface area (Å²) in [4.78, 5) is 29.8. The molecule has 0 fully saturated rings. The fourth-order valence-electron chi connectivity index (χ4n) is 2.89. The average molecular weight is 352 g/mol. The molecule has 0 spiro atoms. The zero-order chi connectivity index (χ0) is 18.7. The molecule has 7 heteroatoms. The van der Waals surface area contributed by atoms with Gasteiger partial charge in [0.2, 0.25) is 0 Å². The molecule has 3 rings (SSSR count). The number of benzene rings is 1. The maximum atomic E-state index is 13.0. The van der Waals surface area contributed by atoms with Crippen molar-refractivity contribution in [3.8, 4) is 0 Å². The molecule has 0 aliphatic rings. The van der Waals surface area contributed by atoms with E-state index in [0.717, 1.165) is 16.6 Å². The third-order valence-electron chi connectivity index (χ3n) is 4.21. The van der Waals surface area contributed by atoms with Gasteiger partial charge < -0.3 is 10.0 Å². The zero-order valence-corrected chi connectivity index (χ0v) is 14.7. The van der Waals surface area contributed by atoms with Crippen LogP contribution in [0.2, 0.25) is 0 Å². The second-order valence-corrected chi connectivity index (χ2v) is 6.16. The van der Waals surface area contributed by atoms with Gasteiger partial charge in [-0.05, 0) is 18.6 Å². The van der Waals surface area contributed by atoms with E-state index in [1.165, 1.54) is 11.1 Å². The lowest BCUT2D eigenvalue weighted by atomic mass is 10.1. The Morgan fingerprint density at radius 3 is 2.65 bits per heavy atom. The molecule has 2 heterocycles. The Labute approximate surface area is 150 Å². The van der Waals surface area contributed by atoms with E-state index < -0.39 is 5.97 Å². The predicted octanol–water partition coefficient (Wildman–Crippen LogP) is 2.39. The summed E-state index contributed by atoms with van der Waals surface area (Å²) < 4.78 is 1.67. The van der Waals surface area contributed by atoms with Crippen LogP contribution < -0.4 is 0 Å². The third kappa shape index (κ3) is 3.72. The van der Waals surface area contributed by atoms with E-state index in [9.17, 15) is 9.59 Å². The first-order valence-electron chi connectivity index (χ1n) is 8.30. The summed E-state index contributed by atoms with van der Waals surface area (Å²) in [6.45, 7) is 2.34. The van der Waals surface area contributed by atoms with Gasteiger partial charge in [-0.1, -0.05) is 30.3 Å². The highest BCUT2D eigenvalue weighted by molar-refractivity contribution is 5.97. The number of nitrogens with zero attached hydrogens (tertiary/aromatic N) is 4. The highest BCUT2D eigenvalue weighted by Gasteiger charge is 2.19. The second kappa shape index (κ2) is 7.35. The Morgan fingerprint density at radius 2 is 1.96 bits per heavy atom. The minimum absolute atomic E-state index is 0.111. The fourth-order valence-corrected chi connectivity index (χ4v) is 2.89. The van der Waals surface area contributed by atoms with Gasteiger partial charge >= 0.3 is 5.97 Å². The third-order valence-corrected chi connectivity index (χ3v) is 4.21. The van der Waals surface area contributed by atoms with Crippen LogP contribution in [0.5, 0.6) is 0 Å². The maximum absolute atomic E-state index is 13.0. The van der Waals surface area contributed by atoms with Crippen molar-refractivity contribution in [1.29, 1.82) is 0 Å². The van der Waals surface area contributed by atoms with Crippen LogP contribution in [0.3, 0.4) is 0 Å². The Kier molecular flexibility index (Phi) is 4.97. The van der Waals surface area contributed by atoms with Gasteiger partial charge in [0.1, 0.15) is 0 Å². The average Bonchev–Trinajstić information content (AvgIpc) is 2.92. The second-order valence-electron chi connectivity index (χ2n) is 6.16. The Bertz CT molecular complexity index is 950. The highest BCUT2D eigenvalue weighted by atomic mass is 16.4. The van der Waals surface area contributed by atoms with Crippen molar-refractivity contribution < 1.29 is 14.7 Å². The van der Waals surface area contributed by atoms with Gasteiger partial charge in [-0.2, -0.15) is 5.10 Å². The predicted molar refractivity (Wildman–Crippen MR) is 96.7 cm³/mol. The number of pyridine rings is 1. The monoisotopic (exact) mass is 352 g/mol. The molecule has 1 amide bonds. The number of carbonyl (C=O) groups excluding carboxylic acids is 1. The van der Waals surface area contributed by atoms with Crippen LogP contribution >= 0.6 is 0 Å². The van der Waals surface area contributed by atoms with Crippen LogP contribution in [-0.4, -0.2) is 43.2 Å². The SMILES string of the molecule is Cc1nn(C)c2ncc(C(=O)N(CCC(=O)O)Cc3ccccc3)cc12. The normalized spacial score (nSPS) is 10.8. The quantitative estimate of drug-likeness (QED) is 0.736. The van der Waals surface area contributed by atoms with E-state index in [-0.39, 0.29) is 18.9 Å². The van der Waals surface area contributed by atoms with Gasteiger partial charge in [-0.15, -0.1) is 0 Å². The summed E-state index contributed by atoms with van der Waals surface area (Å²) in [5.41, 5.74) is 2.87. The zero-order valence-electron chi connectivity index (χ0n) is 14.7. The molecule has 0 bridgehead atoms. The number of carboxylic acid groups (broad SMARTS) is 1. The van der Waals surface area contributed by atoms with Crippen molar-refractivity contribution in [3.63, 3.8) is 0 Å². The van der Waals surface area contributed by atoms with Crippen molar-refractivity contribution in [3.05, 3.63) is 59.4 Å². The number of amides is 1. The number of aromatic nitrogens is 3. The van der Waals surface area contributed by atoms with Gasteiger partial charge in [-0.3, -0.25) is 14.3 Å².